The minimum atomic E-state index is -0.153. The van der Waals surface area contributed by atoms with E-state index in [1.54, 1.807) is 41.7 Å². The van der Waals surface area contributed by atoms with E-state index in [2.05, 4.69) is 41.9 Å². The largest absolute Gasteiger partial charge is 0.500 e. The topological polar surface area (TPSA) is 82.2 Å². The Morgan fingerprint density at radius 2 is 1.82 bits per heavy atom. The second kappa shape index (κ2) is 17.5. The molecule has 0 radical (unpaired) electrons. The quantitative estimate of drug-likeness (QED) is 0.406. The number of methoxy groups -OCH3 is 1. The van der Waals surface area contributed by atoms with E-state index in [-0.39, 0.29) is 30.4 Å². The second-order valence-corrected chi connectivity index (χ2v) is 12.9. The molecule has 11 heteroatoms. The van der Waals surface area contributed by atoms with E-state index in [9.17, 15) is 9.59 Å². The molecule has 2 aliphatic heterocycles. The van der Waals surface area contributed by atoms with E-state index in [1.807, 2.05) is 24.8 Å². The van der Waals surface area contributed by atoms with E-state index in [1.165, 1.54) is 14.6 Å². The van der Waals surface area contributed by atoms with Crippen LogP contribution < -0.4 is 5.32 Å². The standard InChI is InChI=1S/C19H34N4O3.C9H7ClS2.CH2O/c1-15(26-4)12-21(3)13-16-8-5-6-11-23(16)18(24)14-22-10-7-9-17(20-2)19(22)25;1-6-2-3-7(11-6)8-4-5-9(10)12-8;1-2/h16-17,20H,1,5-14H2,2-4H3;2-5H,1H3;1H2/t16-,17-;;/m0../s1. The van der Waals surface area contributed by atoms with Gasteiger partial charge in [-0.2, -0.15) is 0 Å². The van der Waals surface area contributed by atoms with Gasteiger partial charge in [-0.15, -0.1) is 22.7 Å². The summed E-state index contributed by atoms with van der Waals surface area (Å²) in [7, 11) is 5.45. The number of halogens is 1. The molecule has 1 N–H and O–H groups in total. The van der Waals surface area contributed by atoms with Gasteiger partial charge < -0.3 is 24.6 Å². The van der Waals surface area contributed by atoms with Crippen LogP contribution in [0, 0.1) is 6.92 Å². The molecular weight excluding hydrogens is 568 g/mol. The van der Waals surface area contributed by atoms with Crippen molar-refractivity contribution in [2.24, 2.45) is 0 Å². The summed E-state index contributed by atoms with van der Waals surface area (Å²) in [6.07, 6.45) is 4.96. The van der Waals surface area contributed by atoms with Crippen molar-refractivity contribution < 1.29 is 19.1 Å². The van der Waals surface area contributed by atoms with Crippen molar-refractivity contribution in [3.8, 4) is 9.75 Å². The number of nitrogens with one attached hydrogen (secondary N) is 1. The van der Waals surface area contributed by atoms with Gasteiger partial charge >= 0.3 is 0 Å². The summed E-state index contributed by atoms with van der Waals surface area (Å²) in [5.41, 5.74) is 0. The van der Waals surface area contributed by atoms with E-state index in [0.717, 1.165) is 55.3 Å². The summed E-state index contributed by atoms with van der Waals surface area (Å²) in [6.45, 7) is 11.1. The number of aryl methyl sites for hydroxylation is 1. The van der Waals surface area contributed by atoms with E-state index in [0.29, 0.717) is 13.1 Å². The summed E-state index contributed by atoms with van der Waals surface area (Å²) in [5.74, 6) is 0.839. The van der Waals surface area contributed by atoms with Crippen molar-refractivity contribution in [2.75, 3.05) is 53.9 Å². The van der Waals surface area contributed by atoms with Crippen molar-refractivity contribution in [2.45, 2.75) is 51.1 Å². The molecule has 0 unspecified atom stereocenters. The molecular formula is C29H43ClN4O4S2. The smallest absolute Gasteiger partial charge is 0.242 e. The first-order valence-corrected chi connectivity index (χ1v) is 15.5. The van der Waals surface area contributed by atoms with Gasteiger partial charge in [-0.3, -0.25) is 14.5 Å². The molecule has 2 aromatic rings. The van der Waals surface area contributed by atoms with Crippen molar-refractivity contribution in [3.63, 3.8) is 0 Å². The molecule has 2 aliphatic rings. The highest BCUT2D eigenvalue weighted by Crippen LogP contribution is 2.35. The highest BCUT2D eigenvalue weighted by molar-refractivity contribution is 7.24. The average Bonchev–Trinajstić information content (AvgIpc) is 3.59. The van der Waals surface area contributed by atoms with Crippen LogP contribution in [0.3, 0.4) is 0 Å². The molecule has 0 saturated carbocycles. The number of amides is 2. The number of likely N-dealkylation sites (N-methyl/N-ethyl adjacent to an activating group) is 2. The molecule has 4 rings (SSSR count). The number of carbonyl (C=O) groups is 3. The number of hydrogen-bond donors (Lipinski definition) is 1. The third-order valence-electron chi connectivity index (χ3n) is 6.97. The zero-order valence-electron chi connectivity index (χ0n) is 24.1. The fourth-order valence-corrected chi connectivity index (χ4v) is 6.94. The van der Waals surface area contributed by atoms with Crippen molar-refractivity contribution in [1.82, 2.24) is 20.0 Å². The summed E-state index contributed by atoms with van der Waals surface area (Å²) < 4.78 is 6.01. The zero-order chi connectivity index (χ0) is 29.7. The molecule has 2 atom stereocenters. The highest BCUT2D eigenvalue weighted by atomic mass is 35.5. The SMILES string of the molecule is C=C(CN(C)C[C@@H]1CCCCN1C(=O)CN1CCC[C@H](NC)C1=O)OC.C=O.Cc1ccc(-c2ccc(Cl)s2)s1. The number of ether oxygens (including phenoxy) is 1. The summed E-state index contributed by atoms with van der Waals surface area (Å²) in [4.78, 5) is 43.1. The van der Waals surface area contributed by atoms with Crippen LogP contribution in [-0.2, 0) is 19.1 Å². The zero-order valence-corrected chi connectivity index (χ0v) is 26.5. The number of likely N-dealkylation sites (tertiary alicyclic amines) is 2. The first kappa shape index (κ1) is 34.0. The van der Waals surface area contributed by atoms with Gasteiger partial charge in [0.15, 0.2) is 0 Å². The number of hydrogen-bond acceptors (Lipinski definition) is 8. The first-order chi connectivity index (χ1) is 19.2. The first-order valence-electron chi connectivity index (χ1n) is 13.5. The minimum Gasteiger partial charge on any atom is -0.500 e. The monoisotopic (exact) mass is 610 g/mol. The Morgan fingerprint density at radius 3 is 2.42 bits per heavy atom. The van der Waals surface area contributed by atoms with Gasteiger partial charge in [0.05, 0.1) is 30.6 Å². The van der Waals surface area contributed by atoms with E-state index >= 15 is 0 Å². The van der Waals surface area contributed by atoms with Crippen LogP contribution in [-0.4, -0.2) is 99.3 Å². The van der Waals surface area contributed by atoms with E-state index < -0.39 is 0 Å². The Bertz CT molecular complexity index is 1050. The van der Waals surface area contributed by atoms with Crippen LogP contribution in [0.15, 0.2) is 36.6 Å². The van der Waals surface area contributed by atoms with Crippen LogP contribution in [0.4, 0.5) is 0 Å². The van der Waals surface area contributed by atoms with Crippen LogP contribution in [0.5, 0.6) is 0 Å². The van der Waals surface area contributed by atoms with Gasteiger partial charge in [0, 0.05) is 40.3 Å². The molecule has 2 aromatic heterocycles. The Balaban J connectivity index is 0.000000331. The van der Waals surface area contributed by atoms with Crippen molar-refractivity contribution in [3.05, 3.63) is 45.8 Å². The third-order valence-corrected chi connectivity index (χ3v) is 9.39. The molecule has 0 aliphatic carbocycles. The van der Waals surface area contributed by atoms with Crippen molar-refractivity contribution >= 4 is 52.9 Å². The summed E-state index contributed by atoms with van der Waals surface area (Å²) in [6, 6.07) is 8.32. The molecule has 0 bridgehead atoms. The number of thiophene rings is 2. The lowest BCUT2D eigenvalue weighted by Gasteiger charge is -2.40. The molecule has 2 fully saturated rings. The maximum atomic E-state index is 12.9. The fraction of sp³-hybridized carbons (Fsp3) is 0.552. The van der Waals surface area contributed by atoms with Gasteiger partial charge in [-0.25, -0.2) is 0 Å². The lowest BCUT2D eigenvalue weighted by atomic mass is 10.0. The third kappa shape index (κ3) is 10.3. The molecule has 222 valence electrons. The number of nitrogens with zero attached hydrogens (tertiary/aromatic N) is 3. The predicted octanol–water partition coefficient (Wildman–Crippen LogP) is 4.92. The summed E-state index contributed by atoms with van der Waals surface area (Å²) in [5, 5.41) is 3.05. The fourth-order valence-electron chi connectivity index (χ4n) is 4.94. The Kier molecular flexibility index (Phi) is 14.9. The number of carbonyl (C=O) groups excluding carboxylic acids is 3. The maximum absolute atomic E-state index is 12.9. The number of rotatable bonds is 9. The van der Waals surface area contributed by atoms with E-state index in [4.69, 9.17) is 21.1 Å². The van der Waals surface area contributed by atoms with Gasteiger partial charge in [0.1, 0.15) is 12.5 Å². The predicted molar refractivity (Wildman–Crippen MR) is 166 cm³/mol. The molecule has 4 heterocycles. The van der Waals surface area contributed by atoms with Gasteiger partial charge in [-0.05, 0) is 77.4 Å². The molecule has 40 heavy (non-hydrogen) atoms. The van der Waals surface area contributed by atoms with Gasteiger partial charge in [0.2, 0.25) is 11.8 Å². The normalized spacial score (nSPS) is 18.9. The van der Waals surface area contributed by atoms with Gasteiger partial charge in [-0.1, -0.05) is 18.2 Å². The average molecular weight is 611 g/mol. The second-order valence-electron chi connectivity index (χ2n) is 9.93. The van der Waals surface area contributed by atoms with Crippen LogP contribution in [0.2, 0.25) is 4.34 Å². The Hall–Kier alpha value is -2.24. The Labute approximate surface area is 251 Å². The Morgan fingerprint density at radius 1 is 1.12 bits per heavy atom. The van der Waals surface area contributed by atoms with Crippen molar-refractivity contribution in [1.29, 1.82) is 0 Å². The van der Waals surface area contributed by atoms with Gasteiger partial charge in [0.25, 0.3) is 0 Å². The lowest BCUT2D eigenvalue weighted by Crippen LogP contribution is -2.55. The molecule has 8 nitrogen and oxygen atoms in total. The maximum Gasteiger partial charge on any atom is 0.242 e. The highest BCUT2D eigenvalue weighted by Gasteiger charge is 2.33. The lowest BCUT2D eigenvalue weighted by molar-refractivity contribution is -0.145. The molecule has 0 spiro atoms. The summed E-state index contributed by atoms with van der Waals surface area (Å²) >= 11 is 9.28. The van der Waals surface area contributed by atoms with Crippen LogP contribution in [0.25, 0.3) is 9.75 Å². The molecule has 2 saturated heterocycles. The minimum absolute atomic E-state index is 0.0502. The molecule has 2 amide bonds. The van der Waals surface area contributed by atoms with Crippen LogP contribution in [0.1, 0.15) is 37.0 Å². The molecule has 0 aromatic carbocycles. The van der Waals surface area contributed by atoms with Crippen LogP contribution >= 0.6 is 34.3 Å². The number of piperidine rings is 2.